The van der Waals surface area contributed by atoms with E-state index < -0.39 is 11.8 Å². The van der Waals surface area contributed by atoms with E-state index in [9.17, 15) is 14.4 Å². The zero-order valence-electron chi connectivity index (χ0n) is 33.7. The third-order valence-corrected chi connectivity index (χ3v) is 11.5. The second-order valence-electron chi connectivity index (χ2n) is 15.2. The van der Waals surface area contributed by atoms with E-state index in [0.29, 0.717) is 17.0 Å². The lowest BCUT2D eigenvalue weighted by Gasteiger charge is -2.30. The van der Waals surface area contributed by atoms with Crippen LogP contribution >= 0.6 is 34.8 Å². The fourth-order valence-electron chi connectivity index (χ4n) is 6.32. The average Bonchev–Trinajstić information content (AvgIpc) is 3.47. The summed E-state index contributed by atoms with van der Waals surface area (Å²) in [5.74, 6) is -0.859. The van der Waals surface area contributed by atoms with Crippen molar-refractivity contribution in [3.63, 3.8) is 0 Å². The molecular formula is C45H50Cl3N5O4. The number of nitrogens with zero attached hydrogens (tertiary/aromatic N) is 3. The van der Waals surface area contributed by atoms with Gasteiger partial charge in [0.2, 0.25) is 0 Å². The minimum Gasteiger partial charge on any atom is -0.483 e. The van der Waals surface area contributed by atoms with Crippen LogP contribution in [-0.2, 0) is 20.4 Å². The van der Waals surface area contributed by atoms with Gasteiger partial charge in [0.15, 0.2) is 12.4 Å². The molecule has 5 rings (SSSR count). The molecule has 9 nitrogen and oxygen atoms in total. The zero-order valence-corrected chi connectivity index (χ0v) is 36.0. The Labute approximate surface area is 351 Å². The number of amides is 3. The topological polar surface area (TPSA) is 103 Å². The van der Waals surface area contributed by atoms with Gasteiger partial charge in [0, 0.05) is 40.6 Å². The summed E-state index contributed by atoms with van der Waals surface area (Å²) in [7, 11) is 0. The van der Waals surface area contributed by atoms with Crippen molar-refractivity contribution in [2.75, 3.05) is 34.9 Å². The van der Waals surface area contributed by atoms with Crippen molar-refractivity contribution in [1.82, 2.24) is 5.32 Å². The first kappa shape index (κ1) is 43.3. The Morgan fingerprint density at radius 2 is 1.47 bits per heavy atom. The van der Waals surface area contributed by atoms with Gasteiger partial charge in [-0.05, 0) is 103 Å². The molecule has 12 heteroatoms. The molecule has 0 aliphatic carbocycles. The van der Waals surface area contributed by atoms with Crippen LogP contribution in [0.1, 0.15) is 95.3 Å². The van der Waals surface area contributed by atoms with Crippen molar-refractivity contribution in [3.05, 3.63) is 122 Å². The van der Waals surface area contributed by atoms with Crippen LogP contribution in [0.25, 0.3) is 6.08 Å². The van der Waals surface area contributed by atoms with E-state index in [1.54, 1.807) is 24.3 Å². The summed E-state index contributed by atoms with van der Waals surface area (Å²) in [6.07, 6.45) is 3.52. The number of hydrazone groups is 1. The Morgan fingerprint density at radius 1 is 0.825 bits per heavy atom. The molecule has 0 fully saturated rings. The average molecular weight is 831 g/mol. The maximum atomic E-state index is 14.0. The summed E-state index contributed by atoms with van der Waals surface area (Å²) < 4.78 is 6.12. The van der Waals surface area contributed by atoms with E-state index in [1.807, 2.05) is 30.3 Å². The number of hydrogen-bond donors (Lipinski definition) is 2. The molecule has 4 aromatic carbocycles. The fraction of sp³-hybridized carbons (Fsp3) is 0.333. The minimum atomic E-state index is -0.562. The van der Waals surface area contributed by atoms with Gasteiger partial charge in [0.1, 0.15) is 11.4 Å². The highest BCUT2D eigenvalue weighted by Crippen LogP contribution is 2.40. The second-order valence-corrected chi connectivity index (χ2v) is 16.4. The summed E-state index contributed by atoms with van der Waals surface area (Å²) in [6, 6.07) is 23.3. The smallest absolute Gasteiger partial charge is 0.282 e. The Bertz CT molecular complexity index is 2190. The molecule has 0 bridgehead atoms. The van der Waals surface area contributed by atoms with Gasteiger partial charge in [0.05, 0.1) is 15.6 Å². The Morgan fingerprint density at radius 3 is 2.09 bits per heavy atom. The highest BCUT2D eigenvalue weighted by atomic mass is 35.5. The maximum absolute atomic E-state index is 14.0. The molecule has 3 amide bonds. The van der Waals surface area contributed by atoms with Gasteiger partial charge in [-0.15, -0.1) is 5.10 Å². The van der Waals surface area contributed by atoms with E-state index in [1.165, 1.54) is 23.8 Å². The molecule has 0 aromatic heterocycles. The van der Waals surface area contributed by atoms with Gasteiger partial charge >= 0.3 is 0 Å². The predicted octanol–water partition coefficient (Wildman–Crippen LogP) is 11.1. The number of halogens is 3. The van der Waals surface area contributed by atoms with Crippen LogP contribution in [0.15, 0.2) is 89.5 Å². The van der Waals surface area contributed by atoms with Crippen molar-refractivity contribution in [1.29, 1.82) is 0 Å². The van der Waals surface area contributed by atoms with Gasteiger partial charge in [-0.3, -0.25) is 14.4 Å². The number of hydrogen-bond acceptors (Lipinski definition) is 6. The van der Waals surface area contributed by atoms with Crippen LogP contribution < -0.4 is 25.3 Å². The normalized spacial score (nSPS) is 13.8. The molecule has 57 heavy (non-hydrogen) atoms. The fourth-order valence-corrected chi connectivity index (χ4v) is 7.30. The van der Waals surface area contributed by atoms with Crippen LogP contribution in [-0.4, -0.2) is 43.3 Å². The van der Waals surface area contributed by atoms with E-state index >= 15 is 0 Å². The summed E-state index contributed by atoms with van der Waals surface area (Å²) >= 11 is 19.2. The molecule has 0 saturated carbocycles. The first-order valence-electron chi connectivity index (χ1n) is 19.2. The molecule has 4 aromatic rings. The lowest BCUT2D eigenvalue weighted by Crippen LogP contribution is -2.31. The lowest BCUT2D eigenvalue weighted by molar-refractivity contribution is -0.118. The van der Waals surface area contributed by atoms with Crippen molar-refractivity contribution < 1.29 is 19.1 Å². The number of carbonyl (C=O) groups excluding carboxylic acids is 3. The predicted molar refractivity (Wildman–Crippen MR) is 235 cm³/mol. The number of amidine groups is 1. The van der Waals surface area contributed by atoms with Crippen molar-refractivity contribution >= 4 is 81.5 Å². The van der Waals surface area contributed by atoms with Gasteiger partial charge in [-0.25, -0.2) is 0 Å². The zero-order chi connectivity index (χ0) is 41.7. The Kier molecular flexibility index (Phi) is 13.8. The molecular weight excluding hydrogens is 781 g/mol. The molecule has 1 heterocycles. The Balaban J connectivity index is 1.37. The number of carbonyl (C=O) groups is 3. The quantitative estimate of drug-likeness (QED) is 0.123. The van der Waals surface area contributed by atoms with Gasteiger partial charge in [-0.1, -0.05) is 107 Å². The standard InChI is InChI=1S/C45H50Cl3N5O4/c1-9-44(5,6)30-18-21-38(35(24-30)45(7,8)10-2)57-27-39(54)49-32-15-13-14-29(23-32)42(55)50-41-34(22-28-16-19-33(20-17-28)52(11-3)12-4)43(56)53(51-41)40-36(47)25-31(46)26-37(40)48/h13-26H,9-12,27H2,1-8H3,(H,49,54)(H,50,51,55)/b34-22+. The molecule has 0 radical (unpaired) electrons. The molecule has 0 spiro atoms. The number of nitrogens with one attached hydrogen (secondary N) is 2. The van der Waals surface area contributed by atoms with E-state index in [0.717, 1.165) is 42.2 Å². The van der Waals surface area contributed by atoms with Gasteiger partial charge in [-0.2, -0.15) is 5.01 Å². The minimum absolute atomic E-state index is 0.00142. The number of anilines is 3. The number of benzene rings is 4. The molecule has 0 atom stereocenters. The van der Waals surface area contributed by atoms with Gasteiger partial charge in [0.25, 0.3) is 17.7 Å². The Hall–Kier alpha value is -4.83. The number of rotatable bonds is 14. The monoisotopic (exact) mass is 829 g/mol. The van der Waals surface area contributed by atoms with Crippen LogP contribution in [0.4, 0.5) is 17.1 Å². The largest absolute Gasteiger partial charge is 0.483 e. The van der Waals surface area contributed by atoms with Crippen LogP contribution in [0.3, 0.4) is 0 Å². The molecule has 2 N–H and O–H groups in total. The molecule has 0 unspecified atom stereocenters. The number of ether oxygens (including phenoxy) is 1. The second kappa shape index (κ2) is 18.2. The third kappa shape index (κ3) is 10.0. The summed E-state index contributed by atoms with van der Waals surface area (Å²) in [6.45, 7) is 18.7. The van der Waals surface area contributed by atoms with E-state index in [2.05, 4.69) is 88.2 Å². The molecule has 1 aliphatic rings. The van der Waals surface area contributed by atoms with Crippen molar-refractivity contribution in [2.45, 2.75) is 79.1 Å². The highest BCUT2D eigenvalue weighted by Gasteiger charge is 2.35. The van der Waals surface area contributed by atoms with E-state index in [4.69, 9.17) is 39.5 Å². The lowest BCUT2D eigenvalue weighted by atomic mass is 9.76. The first-order chi connectivity index (χ1) is 27.0. The third-order valence-electron chi connectivity index (χ3n) is 10.7. The summed E-state index contributed by atoms with van der Waals surface area (Å²) in [5, 5.41) is 11.7. The summed E-state index contributed by atoms with van der Waals surface area (Å²) in [5.41, 5.74) is 4.69. The first-order valence-corrected chi connectivity index (χ1v) is 20.3. The molecule has 0 saturated heterocycles. The van der Waals surface area contributed by atoms with Crippen molar-refractivity contribution in [3.8, 4) is 5.75 Å². The van der Waals surface area contributed by atoms with Crippen LogP contribution in [0.5, 0.6) is 5.75 Å². The molecule has 300 valence electrons. The molecule has 1 aliphatic heterocycles. The van der Waals surface area contributed by atoms with Gasteiger partial charge < -0.3 is 20.3 Å². The summed E-state index contributed by atoms with van der Waals surface area (Å²) in [4.78, 5) is 43.2. The van der Waals surface area contributed by atoms with Crippen LogP contribution in [0, 0.1) is 0 Å². The SMILES string of the molecule is CCN(CC)c1ccc(/C=C2/C(=O)N(c3c(Cl)cc(Cl)cc3Cl)N=C2NC(=O)c2cccc(NC(=O)COc3ccc(C(C)(C)CC)cc3C(C)(C)CC)c2)cc1. The maximum Gasteiger partial charge on any atom is 0.282 e. The van der Waals surface area contributed by atoms with Crippen LogP contribution in [0.2, 0.25) is 15.1 Å². The van der Waals surface area contributed by atoms with Crippen molar-refractivity contribution in [2.24, 2.45) is 5.10 Å². The van der Waals surface area contributed by atoms with E-state index in [-0.39, 0.29) is 61.1 Å². The highest BCUT2D eigenvalue weighted by molar-refractivity contribution is 6.44.